The van der Waals surface area contributed by atoms with E-state index in [1.165, 1.54) is 6.07 Å². The first-order chi connectivity index (χ1) is 12.9. The maximum Gasteiger partial charge on any atom is 0.178 e. The third-order valence-electron chi connectivity index (χ3n) is 4.15. The first-order valence-corrected chi connectivity index (χ1v) is 10.8. The molecule has 0 atom stereocenters. The van der Waals surface area contributed by atoms with E-state index in [4.69, 9.17) is 27.9 Å². The van der Waals surface area contributed by atoms with Gasteiger partial charge in [-0.2, -0.15) is 0 Å². The molecule has 0 saturated heterocycles. The topological polar surface area (TPSA) is 43.4 Å². The van der Waals surface area contributed by atoms with Gasteiger partial charge >= 0.3 is 0 Å². The molecular formula is C21H18Cl2O3S. The van der Waals surface area contributed by atoms with E-state index >= 15 is 0 Å². The molecule has 3 aromatic carbocycles. The molecule has 140 valence electrons. The fourth-order valence-corrected chi connectivity index (χ4v) is 4.07. The molecule has 6 heteroatoms. The van der Waals surface area contributed by atoms with E-state index in [2.05, 4.69) is 0 Å². The van der Waals surface area contributed by atoms with Crippen molar-refractivity contribution >= 4 is 33.0 Å². The highest BCUT2D eigenvalue weighted by atomic mass is 35.5. The molecule has 3 aromatic rings. The summed E-state index contributed by atoms with van der Waals surface area (Å²) in [7, 11) is -3.33. The van der Waals surface area contributed by atoms with Crippen molar-refractivity contribution in [2.24, 2.45) is 0 Å². The van der Waals surface area contributed by atoms with Crippen molar-refractivity contribution in [2.75, 3.05) is 5.75 Å². The highest BCUT2D eigenvalue weighted by Crippen LogP contribution is 2.38. The number of sulfone groups is 1. The Morgan fingerprint density at radius 1 is 0.889 bits per heavy atom. The van der Waals surface area contributed by atoms with Crippen LogP contribution in [0.1, 0.15) is 12.5 Å². The smallest absolute Gasteiger partial charge is 0.178 e. The molecule has 0 N–H and O–H groups in total. The minimum atomic E-state index is -3.33. The van der Waals surface area contributed by atoms with Crippen molar-refractivity contribution in [3.63, 3.8) is 0 Å². The Morgan fingerprint density at radius 2 is 1.63 bits per heavy atom. The molecule has 0 aromatic heterocycles. The van der Waals surface area contributed by atoms with E-state index in [0.29, 0.717) is 33.5 Å². The van der Waals surface area contributed by atoms with E-state index < -0.39 is 9.84 Å². The summed E-state index contributed by atoms with van der Waals surface area (Å²) in [4.78, 5) is 0.201. The van der Waals surface area contributed by atoms with Crippen LogP contribution < -0.4 is 4.74 Å². The van der Waals surface area contributed by atoms with Gasteiger partial charge in [0.1, 0.15) is 12.4 Å². The summed E-state index contributed by atoms with van der Waals surface area (Å²) in [5.74, 6) is 0.641. The molecule has 0 aliphatic rings. The molecule has 0 radical (unpaired) electrons. The van der Waals surface area contributed by atoms with Crippen LogP contribution in [0.25, 0.3) is 11.1 Å². The molecular weight excluding hydrogens is 403 g/mol. The SMILES string of the molecule is CCS(=O)(=O)c1ccc(-c2cc(Cl)ccc2OCc2ccccc2)c(Cl)c1. The van der Waals surface area contributed by atoms with Gasteiger partial charge in [-0.15, -0.1) is 0 Å². The second kappa shape index (κ2) is 8.34. The summed E-state index contributed by atoms with van der Waals surface area (Å²) in [5, 5.41) is 0.870. The molecule has 0 bridgehead atoms. The molecule has 0 saturated carbocycles. The average Bonchev–Trinajstić information content (AvgIpc) is 2.67. The molecule has 0 heterocycles. The Labute approximate surface area is 169 Å². The highest BCUT2D eigenvalue weighted by molar-refractivity contribution is 7.91. The Hall–Kier alpha value is -2.01. The monoisotopic (exact) mass is 420 g/mol. The lowest BCUT2D eigenvalue weighted by molar-refractivity contribution is 0.307. The molecule has 0 fully saturated rings. The number of halogens is 2. The number of ether oxygens (including phenoxy) is 1. The molecule has 0 unspecified atom stereocenters. The van der Waals surface area contributed by atoms with Crippen molar-refractivity contribution in [1.29, 1.82) is 0 Å². The maximum absolute atomic E-state index is 12.1. The van der Waals surface area contributed by atoms with Gasteiger partial charge in [0.2, 0.25) is 0 Å². The molecule has 0 spiro atoms. The normalized spacial score (nSPS) is 11.4. The summed E-state index contributed by atoms with van der Waals surface area (Å²) in [5.41, 5.74) is 2.41. The van der Waals surface area contributed by atoms with Crippen LogP contribution in [0.5, 0.6) is 5.75 Å². The Kier molecular flexibility index (Phi) is 6.10. The second-order valence-electron chi connectivity index (χ2n) is 5.96. The van der Waals surface area contributed by atoms with Gasteiger partial charge in [0.05, 0.1) is 10.6 Å². The zero-order chi connectivity index (χ0) is 19.4. The zero-order valence-electron chi connectivity index (χ0n) is 14.7. The van der Waals surface area contributed by atoms with Gasteiger partial charge in [-0.3, -0.25) is 0 Å². The zero-order valence-corrected chi connectivity index (χ0v) is 17.0. The summed E-state index contributed by atoms with van der Waals surface area (Å²) < 4.78 is 30.1. The quantitative estimate of drug-likeness (QED) is 0.488. The lowest BCUT2D eigenvalue weighted by Crippen LogP contribution is -2.03. The first-order valence-electron chi connectivity index (χ1n) is 8.39. The fraction of sp³-hybridized carbons (Fsp3) is 0.143. The Morgan fingerprint density at radius 3 is 2.30 bits per heavy atom. The molecule has 0 amide bonds. The molecule has 0 aliphatic carbocycles. The Balaban J connectivity index is 1.97. The van der Waals surface area contributed by atoms with Crippen LogP contribution in [-0.2, 0) is 16.4 Å². The van der Waals surface area contributed by atoms with Gasteiger partial charge in [0.15, 0.2) is 9.84 Å². The van der Waals surface area contributed by atoms with E-state index in [-0.39, 0.29) is 10.6 Å². The van der Waals surface area contributed by atoms with Crippen LogP contribution in [0.3, 0.4) is 0 Å². The molecule has 3 nitrogen and oxygen atoms in total. The van der Waals surface area contributed by atoms with Gasteiger partial charge < -0.3 is 4.74 Å². The van der Waals surface area contributed by atoms with Crippen LogP contribution in [0, 0.1) is 0 Å². The highest BCUT2D eigenvalue weighted by Gasteiger charge is 2.16. The largest absolute Gasteiger partial charge is 0.488 e. The Bertz CT molecular complexity index is 1050. The van der Waals surface area contributed by atoms with Crippen LogP contribution >= 0.6 is 23.2 Å². The van der Waals surface area contributed by atoms with Crippen molar-refractivity contribution in [1.82, 2.24) is 0 Å². The molecule has 3 rings (SSSR count). The van der Waals surface area contributed by atoms with Gasteiger partial charge in [0.25, 0.3) is 0 Å². The lowest BCUT2D eigenvalue weighted by atomic mass is 10.0. The van der Waals surface area contributed by atoms with Crippen molar-refractivity contribution in [2.45, 2.75) is 18.4 Å². The van der Waals surface area contributed by atoms with Gasteiger partial charge in [0, 0.05) is 21.2 Å². The lowest BCUT2D eigenvalue weighted by Gasteiger charge is -2.14. The van der Waals surface area contributed by atoms with E-state index in [0.717, 1.165) is 5.56 Å². The van der Waals surface area contributed by atoms with Crippen LogP contribution in [-0.4, -0.2) is 14.2 Å². The van der Waals surface area contributed by atoms with Crippen LogP contribution in [0.4, 0.5) is 0 Å². The number of hydrogen-bond donors (Lipinski definition) is 0. The van der Waals surface area contributed by atoms with Crippen molar-refractivity contribution < 1.29 is 13.2 Å². The summed E-state index contributed by atoms with van der Waals surface area (Å²) >= 11 is 12.6. The molecule has 27 heavy (non-hydrogen) atoms. The predicted molar refractivity (Wildman–Crippen MR) is 110 cm³/mol. The van der Waals surface area contributed by atoms with Crippen molar-refractivity contribution in [3.05, 3.63) is 82.3 Å². The standard InChI is InChI=1S/C21H18Cl2O3S/c1-2-27(24,25)17-9-10-18(20(23)13-17)19-12-16(22)8-11-21(19)26-14-15-6-4-3-5-7-15/h3-13H,2,14H2,1H3. The molecule has 0 aliphatic heterocycles. The minimum Gasteiger partial charge on any atom is -0.488 e. The van der Waals surface area contributed by atoms with Gasteiger partial charge in [-0.05, 0) is 35.9 Å². The van der Waals surface area contributed by atoms with E-state index in [9.17, 15) is 8.42 Å². The van der Waals surface area contributed by atoms with Crippen molar-refractivity contribution in [3.8, 4) is 16.9 Å². The average molecular weight is 421 g/mol. The van der Waals surface area contributed by atoms with E-state index in [1.54, 1.807) is 37.3 Å². The summed E-state index contributed by atoms with van der Waals surface area (Å²) in [6.07, 6.45) is 0. The third kappa shape index (κ3) is 4.64. The first kappa shape index (κ1) is 19.7. The fourth-order valence-electron chi connectivity index (χ4n) is 2.65. The number of hydrogen-bond acceptors (Lipinski definition) is 3. The van der Waals surface area contributed by atoms with Crippen LogP contribution in [0.15, 0.2) is 71.6 Å². The predicted octanol–water partition coefficient (Wildman–Crippen LogP) is 6.03. The third-order valence-corrected chi connectivity index (χ3v) is 6.43. The summed E-state index contributed by atoms with van der Waals surface area (Å²) in [6.45, 7) is 2.00. The second-order valence-corrected chi connectivity index (χ2v) is 9.08. The van der Waals surface area contributed by atoms with Gasteiger partial charge in [-0.25, -0.2) is 8.42 Å². The number of rotatable bonds is 6. The minimum absolute atomic E-state index is 0.0191. The van der Waals surface area contributed by atoms with Gasteiger partial charge in [-0.1, -0.05) is 66.5 Å². The van der Waals surface area contributed by atoms with E-state index in [1.807, 2.05) is 30.3 Å². The number of benzene rings is 3. The van der Waals surface area contributed by atoms with Crippen LogP contribution in [0.2, 0.25) is 10.0 Å². The maximum atomic E-state index is 12.1. The summed E-state index contributed by atoms with van der Waals surface area (Å²) in [6, 6.07) is 19.8.